The minimum atomic E-state index is -0.311. The van der Waals surface area contributed by atoms with Crippen molar-refractivity contribution in [3.05, 3.63) is 131 Å². The zero-order valence-electron chi connectivity index (χ0n) is 22.0. The lowest BCUT2D eigenvalue weighted by Crippen LogP contribution is -2.62. The Hall–Kier alpha value is -4.38. The first-order valence-electron chi connectivity index (χ1n) is 14.0. The Kier molecular flexibility index (Phi) is 6.12. The third kappa shape index (κ3) is 4.19. The number of amides is 1. The van der Waals surface area contributed by atoms with Crippen LogP contribution in [0.2, 0.25) is 0 Å². The summed E-state index contributed by atoms with van der Waals surface area (Å²) in [5.74, 6) is 0.863. The van der Waals surface area contributed by atoms with Gasteiger partial charge in [-0.05, 0) is 42.7 Å². The van der Waals surface area contributed by atoms with Crippen molar-refractivity contribution in [1.29, 1.82) is 0 Å². The predicted molar refractivity (Wildman–Crippen MR) is 157 cm³/mol. The van der Waals surface area contributed by atoms with Crippen LogP contribution in [-0.2, 0) is 6.54 Å². The van der Waals surface area contributed by atoms with Gasteiger partial charge in [0.25, 0.3) is 5.91 Å². The molecule has 0 saturated heterocycles. The maximum atomic E-state index is 14.5. The Bertz CT molecular complexity index is 1510. The highest BCUT2D eigenvalue weighted by Gasteiger charge is 2.48. The number of aliphatic imine (C=N–C) groups is 1. The molecule has 7 rings (SSSR count). The van der Waals surface area contributed by atoms with Gasteiger partial charge < -0.3 is 4.90 Å². The lowest BCUT2D eigenvalue weighted by atomic mass is 9.93. The van der Waals surface area contributed by atoms with E-state index in [0.717, 1.165) is 41.2 Å². The average molecular weight is 513 g/mol. The van der Waals surface area contributed by atoms with E-state index in [1.807, 2.05) is 47.5 Å². The highest BCUT2D eigenvalue weighted by Crippen LogP contribution is 2.46. The number of anilines is 2. The number of fused-ring (bicyclic) bond motifs is 4. The van der Waals surface area contributed by atoms with Crippen molar-refractivity contribution in [3.63, 3.8) is 0 Å². The van der Waals surface area contributed by atoms with Gasteiger partial charge in [0, 0.05) is 17.7 Å². The summed E-state index contributed by atoms with van der Waals surface area (Å²) in [6.45, 7) is 0.679. The molecule has 3 aliphatic rings. The summed E-state index contributed by atoms with van der Waals surface area (Å²) in [7, 11) is 0. The van der Waals surface area contributed by atoms with E-state index < -0.39 is 0 Å². The van der Waals surface area contributed by atoms with Crippen LogP contribution in [0.25, 0.3) is 0 Å². The standard InChI is InChI=1S/C34H32N4O/c39-34-30-22-12-13-23-31(30)36(24-25-14-4-1-5-15-25)33-29-21-11-10-20-28(29)32(35-26-16-6-2-7-17-26)37(38(33)34)27-18-8-3-9-19-27/h1,3-5,8-15,18-23,26,33H,2,6-7,16-17,24H2. The Morgan fingerprint density at radius 2 is 1.33 bits per heavy atom. The van der Waals surface area contributed by atoms with Gasteiger partial charge in [-0.3, -0.25) is 9.79 Å². The molecule has 4 aromatic rings. The molecule has 1 aliphatic carbocycles. The molecule has 5 nitrogen and oxygen atoms in total. The molecule has 1 atom stereocenters. The van der Waals surface area contributed by atoms with Crippen molar-refractivity contribution >= 4 is 23.1 Å². The maximum Gasteiger partial charge on any atom is 0.277 e. The van der Waals surface area contributed by atoms with E-state index in [1.54, 1.807) is 0 Å². The molecular formula is C34H32N4O. The Morgan fingerprint density at radius 1 is 0.692 bits per heavy atom. The molecule has 2 heterocycles. The Morgan fingerprint density at radius 3 is 2.10 bits per heavy atom. The first-order chi connectivity index (χ1) is 19.3. The number of para-hydroxylation sites is 2. The normalized spacial score (nSPS) is 20.0. The highest BCUT2D eigenvalue weighted by atomic mass is 16.2. The number of rotatable bonds is 4. The van der Waals surface area contributed by atoms with Gasteiger partial charge in [0.1, 0.15) is 0 Å². The minimum Gasteiger partial charge on any atom is -0.341 e. The molecule has 0 radical (unpaired) electrons. The van der Waals surface area contributed by atoms with Crippen molar-refractivity contribution in [2.45, 2.75) is 50.9 Å². The Labute approximate surface area is 230 Å². The number of carbonyl (C=O) groups excluding carboxylic acids is 1. The summed E-state index contributed by atoms with van der Waals surface area (Å²) in [4.78, 5) is 22.3. The van der Waals surface area contributed by atoms with Crippen LogP contribution in [0.4, 0.5) is 11.4 Å². The zero-order valence-corrected chi connectivity index (χ0v) is 22.0. The summed E-state index contributed by atoms with van der Waals surface area (Å²) in [6, 6.07) is 37.6. The van der Waals surface area contributed by atoms with Gasteiger partial charge in [-0.1, -0.05) is 104 Å². The molecule has 39 heavy (non-hydrogen) atoms. The van der Waals surface area contributed by atoms with Crippen LogP contribution in [0, 0.1) is 0 Å². The zero-order chi connectivity index (χ0) is 26.2. The van der Waals surface area contributed by atoms with Crippen molar-refractivity contribution in [2.75, 3.05) is 9.91 Å². The van der Waals surface area contributed by atoms with Gasteiger partial charge in [-0.2, -0.15) is 0 Å². The molecule has 0 N–H and O–H groups in total. The van der Waals surface area contributed by atoms with E-state index >= 15 is 0 Å². The van der Waals surface area contributed by atoms with E-state index in [-0.39, 0.29) is 18.1 Å². The molecule has 0 bridgehead atoms. The first kappa shape index (κ1) is 23.7. The smallest absolute Gasteiger partial charge is 0.277 e. The lowest BCUT2D eigenvalue weighted by Gasteiger charge is -2.53. The number of hydrazine groups is 1. The maximum absolute atomic E-state index is 14.5. The van der Waals surface area contributed by atoms with Crippen LogP contribution in [0.1, 0.15) is 65.3 Å². The molecule has 1 saturated carbocycles. The van der Waals surface area contributed by atoms with Gasteiger partial charge in [0.15, 0.2) is 12.0 Å². The number of hydrogen-bond donors (Lipinski definition) is 0. The van der Waals surface area contributed by atoms with Crippen molar-refractivity contribution < 1.29 is 4.79 Å². The van der Waals surface area contributed by atoms with Gasteiger partial charge in [-0.25, -0.2) is 10.0 Å². The second kappa shape index (κ2) is 10.1. The predicted octanol–water partition coefficient (Wildman–Crippen LogP) is 7.36. The van der Waals surface area contributed by atoms with Crippen molar-refractivity contribution in [3.8, 4) is 0 Å². The second-order valence-electron chi connectivity index (χ2n) is 10.6. The van der Waals surface area contributed by atoms with Crippen LogP contribution in [0.15, 0.2) is 114 Å². The number of carbonyl (C=O) groups is 1. The monoisotopic (exact) mass is 512 g/mol. The average Bonchev–Trinajstić information content (AvgIpc) is 3.00. The van der Waals surface area contributed by atoms with Crippen molar-refractivity contribution in [1.82, 2.24) is 5.01 Å². The summed E-state index contributed by atoms with van der Waals surface area (Å²) in [5.41, 5.74) is 6.02. The van der Waals surface area contributed by atoms with E-state index in [1.165, 1.54) is 24.8 Å². The van der Waals surface area contributed by atoms with E-state index in [0.29, 0.717) is 12.1 Å². The van der Waals surface area contributed by atoms with Crippen LogP contribution in [0.3, 0.4) is 0 Å². The molecule has 4 aromatic carbocycles. The van der Waals surface area contributed by atoms with Crippen LogP contribution < -0.4 is 9.91 Å². The van der Waals surface area contributed by atoms with E-state index in [9.17, 15) is 4.79 Å². The summed E-state index contributed by atoms with van der Waals surface area (Å²) in [5, 5.41) is 4.04. The number of nitrogens with zero attached hydrogens (tertiary/aromatic N) is 4. The molecule has 2 aliphatic heterocycles. The molecule has 1 amide bonds. The SMILES string of the molecule is O=C1c2ccccc2N(Cc2ccccc2)C2c3ccccc3C(=NC3CCCCC3)N(c3ccccc3)N12. The second-order valence-corrected chi connectivity index (χ2v) is 10.6. The van der Waals surface area contributed by atoms with Crippen LogP contribution in [0.5, 0.6) is 0 Å². The fourth-order valence-electron chi connectivity index (χ4n) is 6.32. The van der Waals surface area contributed by atoms with Gasteiger partial charge >= 0.3 is 0 Å². The first-order valence-corrected chi connectivity index (χ1v) is 14.0. The lowest BCUT2D eigenvalue weighted by molar-refractivity contribution is 0.0644. The number of benzene rings is 4. The largest absolute Gasteiger partial charge is 0.341 e. The van der Waals surface area contributed by atoms with Crippen molar-refractivity contribution in [2.24, 2.45) is 4.99 Å². The third-order valence-electron chi connectivity index (χ3n) is 8.15. The van der Waals surface area contributed by atoms with Gasteiger partial charge in [-0.15, -0.1) is 0 Å². The van der Waals surface area contributed by atoms with E-state index in [4.69, 9.17) is 4.99 Å². The molecular weight excluding hydrogens is 480 g/mol. The molecule has 5 heteroatoms. The van der Waals surface area contributed by atoms with Gasteiger partial charge in [0.2, 0.25) is 0 Å². The number of hydrogen-bond acceptors (Lipinski definition) is 3. The summed E-state index contributed by atoms with van der Waals surface area (Å²) >= 11 is 0. The van der Waals surface area contributed by atoms with E-state index in [2.05, 4.69) is 76.6 Å². The summed E-state index contributed by atoms with van der Waals surface area (Å²) in [6.07, 6.45) is 5.56. The molecule has 0 spiro atoms. The summed E-state index contributed by atoms with van der Waals surface area (Å²) < 4.78 is 0. The fraction of sp³-hybridized carbons (Fsp3) is 0.235. The Balaban J connectivity index is 1.47. The molecule has 194 valence electrons. The van der Waals surface area contributed by atoms with Crippen LogP contribution >= 0.6 is 0 Å². The highest BCUT2D eigenvalue weighted by molar-refractivity contribution is 6.16. The minimum absolute atomic E-state index is 0.00499. The molecule has 1 fully saturated rings. The molecule has 0 aromatic heterocycles. The topological polar surface area (TPSA) is 39.2 Å². The fourth-order valence-corrected chi connectivity index (χ4v) is 6.32. The molecule has 1 unspecified atom stereocenters. The van der Waals surface area contributed by atoms with Gasteiger partial charge in [0.05, 0.1) is 23.0 Å². The van der Waals surface area contributed by atoms with Crippen LogP contribution in [-0.4, -0.2) is 22.8 Å². The quantitative estimate of drug-likeness (QED) is 0.287. The number of amidine groups is 1. The third-order valence-corrected chi connectivity index (χ3v) is 8.15.